The molecule has 0 aromatic heterocycles. The Morgan fingerprint density at radius 3 is 2.15 bits per heavy atom. The Labute approximate surface area is 281 Å². The van der Waals surface area contributed by atoms with Crippen molar-refractivity contribution < 1.29 is 28.8 Å². The van der Waals surface area contributed by atoms with Crippen LogP contribution in [0.5, 0.6) is 0 Å². The summed E-state index contributed by atoms with van der Waals surface area (Å²) in [7, 11) is 0. The van der Waals surface area contributed by atoms with Crippen LogP contribution in [0.1, 0.15) is 58.6 Å². The van der Waals surface area contributed by atoms with Crippen molar-refractivity contribution in [3.8, 4) is 12.1 Å². The molecule has 0 aliphatic heterocycles. The van der Waals surface area contributed by atoms with E-state index in [4.69, 9.17) is 31.5 Å². The van der Waals surface area contributed by atoms with Crippen LogP contribution in [-0.4, -0.2) is 49.6 Å². The first-order valence-electron chi connectivity index (χ1n) is 14.8. The number of allylic oxidation sites excluding steroid dienone is 1. The highest BCUT2D eigenvalue weighted by atomic mass is 16.6. The second-order valence-electron chi connectivity index (χ2n) is 11.6. The summed E-state index contributed by atoms with van der Waals surface area (Å²) in [4.78, 5) is 45.9. The van der Waals surface area contributed by atoms with Crippen LogP contribution in [0.25, 0.3) is 0 Å². The van der Waals surface area contributed by atoms with Gasteiger partial charge in [-0.15, -0.1) is 6.58 Å². The number of nitrogens with one attached hydrogen (secondary N) is 1. The maximum absolute atomic E-state index is 12.5. The van der Waals surface area contributed by atoms with Crippen LogP contribution < -0.4 is 21.7 Å². The molecule has 0 spiro atoms. The Balaban J connectivity index is 0.00000107. The van der Waals surface area contributed by atoms with Gasteiger partial charge in [0.2, 0.25) is 5.91 Å². The molecule has 14 nitrogen and oxygen atoms in total. The first-order valence-corrected chi connectivity index (χ1v) is 14.8. The summed E-state index contributed by atoms with van der Waals surface area (Å²) in [5.74, 6) is -0.379. The van der Waals surface area contributed by atoms with E-state index in [1.165, 1.54) is 0 Å². The molecule has 2 rings (SSSR count). The number of carbonyl (C=O) groups is 3. The number of amides is 1. The van der Waals surface area contributed by atoms with Gasteiger partial charge in [-0.05, 0) is 42.9 Å². The van der Waals surface area contributed by atoms with E-state index in [0.29, 0.717) is 37.4 Å². The van der Waals surface area contributed by atoms with Gasteiger partial charge in [0.15, 0.2) is 0 Å². The van der Waals surface area contributed by atoms with Gasteiger partial charge in [-0.3, -0.25) is 19.7 Å². The minimum atomic E-state index is -0.679. The molecule has 0 aliphatic rings. The van der Waals surface area contributed by atoms with Crippen LogP contribution in [0, 0.1) is 44.1 Å². The van der Waals surface area contributed by atoms with Gasteiger partial charge < -0.3 is 31.2 Å². The molecular weight excluding hydrogens is 618 g/mol. The van der Waals surface area contributed by atoms with Gasteiger partial charge in [-0.1, -0.05) is 40.3 Å². The quantitative estimate of drug-likeness (QED) is 0.0333. The number of nitrogen functional groups attached to an aromatic ring is 2. The summed E-state index contributed by atoms with van der Waals surface area (Å²) < 4.78 is 9.84. The van der Waals surface area contributed by atoms with E-state index in [9.17, 15) is 24.5 Å². The molecule has 5 N–H and O–H groups in total. The minimum absolute atomic E-state index is 0.0272. The summed E-state index contributed by atoms with van der Waals surface area (Å²) in [6, 6.07) is 10.7. The Morgan fingerprint density at radius 1 is 1.10 bits per heavy atom. The van der Waals surface area contributed by atoms with Crippen LogP contribution in [0.15, 0.2) is 55.6 Å². The summed E-state index contributed by atoms with van der Waals surface area (Å²) in [6.07, 6.45) is 4.18. The van der Waals surface area contributed by atoms with Gasteiger partial charge in [0, 0.05) is 30.3 Å². The van der Waals surface area contributed by atoms with Gasteiger partial charge in [0.05, 0.1) is 46.2 Å². The number of nitro groups is 1. The molecule has 1 amide bonds. The highest BCUT2D eigenvalue weighted by molar-refractivity contribution is 5.94. The maximum atomic E-state index is 12.5. The number of ether oxygens (including phenoxy) is 2. The number of nitrogens with two attached hydrogens (primary N) is 2. The standard InChI is InChI=1S/C23H35N3O5.C8H4N4O2.C3H6/c1-6-22(29)31-12-10-26(9-11-30-16-27)18-7-8-19(24)20(14-18)25-21(28)13-17(2)15-23(3,4)5;9-3-5-1-7(12(13)14)2-6(4-10)8(5)11;1-3-2/h6-8,14,16-17H,1,9-13,15,24H2,2-5H3,(H,25,28);1-2H,11H2;3H,1H2,2H3. The van der Waals surface area contributed by atoms with E-state index in [-0.39, 0.29) is 53.0 Å². The first-order chi connectivity index (χ1) is 22.6. The lowest BCUT2D eigenvalue weighted by Crippen LogP contribution is -2.31. The van der Waals surface area contributed by atoms with Crippen molar-refractivity contribution in [2.75, 3.05) is 48.0 Å². The number of carbonyl (C=O) groups excluding carboxylic acids is 3. The van der Waals surface area contributed by atoms with Gasteiger partial charge in [-0.25, -0.2) is 4.79 Å². The molecule has 0 radical (unpaired) electrons. The molecule has 0 heterocycles. The predicted octanol–water partition coefficient (Wildman–Crippen LogP) is 5.49. The number of non-ortho nitro benzene ring substituents is 1. The average Bonchev–Trinajstić information content (AvgIpc) is 3.01. The average molecular weight is 664 g/mol. The van der Waals surface area contributed by atoms with Crippen molar-refractivity contribution in [2.45, 2.75) is 47.5 Å². The fraction of sp³-hybridized carbons (Fsp3) is 0.382. The van der Waals surface area contributed by atoms with Gasteiger partial charge in [0.25, 0.3) is 12.2 Å². The smallest absolute Gasteiger partial charge is 0.330 e. The minimum Gasteiger partial charge on any atom is -0.466 e. The Morgan fingerprint density at radius 2 is 1.67 bits per heavy atom. The molecule has 1 unspecified atom stereocenters. The van der Waals surface area contributed by atoms with E-state index in [1.54, 1.807) is 36.4 Å². The number of anilines is 4. The molecule has 0 saturated carbocycles. The van der Waals surface area contributed by atoms with Crippen molar-refractivity contribution >= 4 is 46.8 Å². The molecule has 0 saturated heterocycles. The molecule has 258 valence electrons. The highest BCUT2D eigenvalue weighted by Crippen LogP contribution is 2.29. The molecular formula is C34H45N7O7. The van der Waals surface area contributed by atoms with Crippen LogP contribution in [0.3, 0.4) is 0 Å². The van der Waals surface area contributed by atoms with E-state index in [1.807, 2.05) is 11.8 Å². The molecule has 48 heavy (non-hydrogen) atoms. The van der Waals surface area contributed by atoms with Crippen molar-refractivity contribution in [1.82, 2.24) is 0 Å². The largest absolute Gasteiger partial charge is 0.466 e. The lowest BCUT2D eigenvalue weighted by molar-refractivity contribution is -0.384. The normalized spacial score (nSPS) is 10.5. The molecule has 1 atom stereocenters. The number of esters is 1. The zero-order valence-electron chi connectivity index (χ0n) is 28.2. The number of nitriles is 2. The Kier molecular flexibility index (Phi) is 19.1. The van der Waals surface area contributed by atoms with Gasteiger partial charge >= 0.3 is 5.97 Å². The predicted molar refractivity (Wildman–Crippen MR) is 186 cm³/mol. The lowest BCUT2D eigenvalue weighted by atomic mass is 9.84. The first kappa shape index (κ1) is 42.1. The van der Waals surface area contributed by atoms with E-state index >= 15 is 0 Å². The van der Waals surface area contributed by atoms with E-state index in [2.05, 4.69) is 46.2 Å². The Hall–Kier alpha value is -5.89. The van der Waals surface area contributed by atoms with Gasteiger partial charge in [0.1, 0.15) is 25.4 Å². The third-order valence-corrected chi connectivity index (χ3v) is 6.11. The van der Waals surface area contributed by atoms with E-state index in [0.717, 1.165) is 30.3 Å². The third-order valence-electron chi connectivity index (χ3n) is 6.11. The van der Waals surface area contributed by atoms with Crippen molar-refractivity contribution in [3.05, 3.63) is 76.9 Å². The van der Waals surface area contributed by atoms with Crippen LogP contribution >= 0.6 is 0 Å². The topological polar surface area (TPSA) is 228 Å². The number of nitrogens with zero attached hydrogens (tertiary/aromatic N) is 4. The molecule has 0 aliphatic carbocycles. The van der Waals surface area contributed by atoms with E-state index < -0.39 is 10.9 Å². The molecule has 2 aromatic carbocycles. The van der Waals surface area contributed by atoms with Crippen molar-refractivity contribution in [2.24, 2.45) is 11.3 Å². The maximum Gasteiger partial charge on any atom is 0.330 e. The molecule has 2 aromatic rings. The second-order valence-corrected chi connectivity index (χ2v) is 11.6. The second kappa shape index (κ2) is 21.8. The number of rotatable bonds is 14. The number of hydrogen-bond donors (Lipinski definition) is 3. The number of hydrogen-bond acceptors (Lipinski definition) is 12. The highest BCUT2D eigenvalue weighted by Gasteiger charge is 2.19. The Bertz CT molecular complexity index is 1470. The summed E-state index contributed by atoms with van der Waals surface area (Å²) in [6.45, 7) is 18.5. The van der Waals surface area contributed by atoms with Crippen LogP contribution in [-0.2, 0) is 23.9 Å². The number of nitro benzene ring substituents is 1. The van der Waals surface area contributed by atoms with Gasteiger partial charge in [-0.2, -0.15) is 10.5 Å². The lowest BCUT2D eigenvalue weighted by Gasteiger charge is -2.25. The summed E-state index contributed by atoms with van der Waals surface area (Å²) in [5, 5.41) is 30.5. The molecule has 14 heteroatoms. The van der Waals surface area contributed by atoms with Crippen molar-refractivity contribution in [1.29, 1.82) is 10.5 Å². The van der Waals surface area contributed by atoms with Crippen LogP contribution in [0.4, 0.5) is 28.4 Å². The zero-order chi connectivity index (χ0) is 36.9. The van der Waals surface area contributed by atoms with Crippen molar-refractivity contribution in [3.63, 3.8) is 0 Å². The fourth-order valence-corrected chi connectivity index (χ4v) is 4.31. The SMILES string of the molecule is C=CC.C=CC(=O)OCCN(CCOC=O)c1ccc(N)c(NC(=O)CC(C)CC(C)(C)C)c1.N#Cc1cc([N+](=O)[O-])cc(C#N)c1N. The summed E-state index contributed by atoms with van der Waals surface area (Å²) >= 11 is 0. The fourth-order valence-electron chi connectivity index (χ4n) is 4.31. The third kappa shape index (κ3) is 16.4. The zero-order valence-corrected chi connectivity index (χ0v) is 28.2. The molecule has 0 bridgehead atoms. The summed E-state index contributed by atoms with van der Waals surface area (Å²) in [5.41, 5.74) is 12.9. The monoisotopic (exact) mass is 663 g/mol. The van der Waals surface area contributed by atoms with Crippen LogP contribution in [0.2, 0.25) is 0 Å². The molecule has 0 fully saturated rings. The number of benzene rings is 2.